The number of aliphatic hydroxyl groups is 1. The third-order valence-electron chi connectivity index (χ3n) is 7.42. The summed E-state index contributed by atoms with van der Waals surface area (Å²) < 4.78 is 20.6. The zero-order valence-electron chi connectivity index (χ0n) is 21.9. The van der Waals surface area contributed by atoms with Crippen molar-refractivity contribution in [3.8, 4) is 11.1 Å². The van der Waals surface area contributed by atoms with Crippen molar-refractivity contribution in [2.45, 2.75) is 78.9 Å². The van der Waals surface area contributed by atoms with Gasteiger partial charge in [-0.3, -0.25) is 0 Å². The minimum Gasteiger partial charge on any atom is -0.489 e. The second kappa shape index (κ2) is 10.1. The summed E-state index contributed by atoms with van der Waals surface area (Å²) >= 11 is 0. The van der Waals surface area contributed by atoms with Crippen molar-refractivity contribution in [2.24, 2.45) is 11.8 Å². The van der Waals surface area contributed by atoms with Gasteiger partial charge in [-0.1, -0.05) is 30.9 Å². The number of hydrogen-bond donors (Lipinski definition) is 1. The van der Waals surface area contributed by atoms with E-state index in [0.717, 1.165) is 48.6 Å². The normalized spacial score (nSPS) is 21.5. The highest BCUT2D eigenvalue weighted by molar-refractivity contribution is 5.72. The highest BCUT2D eigenvalue weighted by Gasteiger charge is 2.46. The van der Waals surface area contributed by atoms with Gasteiger partial charge in [0, 0.05) is 5.56 Å². The van der Waals surface area contributed by atoms with Crippen LogP contribution in [0.4, 0.5) is 4.39 Å². The molecule has 2 aliphatic rings. The summed E-state index contributed by atoms with van der Waals surface area (Å²) in [6.45, 7) is 14.3. The van der Waals surface area contributed by atoms with Crippen LogP contribution in [-0.2, 0) is 17.8 Å². The summed E-state index contributed by atoms with van der Waals surface area (Å²) in [5, 5.41) is 9.98. The fourth-order valence-corrected chi connectivity index (χ4v) is 5.66. The lowest BCUT2D eigenvalue weighted by Crippen LogP contribution is -2.18. The van der Waals surface area contributed by atoms with E-state index in [4.69, 9.17) is 4.74 Å². The Morgan fingerprint density at radius 2 is 1.91 bits per heavy atom. The summed E-state index contributed by atoms with van der Waals surface area (Å²) in [6, 6.07) is 9.72. The molecule has 1 N–H and O–H groups in total. The van der Waals surface area contributed by atoms with Crippen LogP contribution < -0.4 is 0 Å². The summed E-state index contributed by atoms with van der Waals surface area (Å²) in [7, 11) is 0. The van der Waals surface area contributed by atoms with Gasteiger partial charge in [-0.2, -0.15) is 0 Å². The second-order valence-electron chi connectivity index (χ2n) is 11.1. The molecule has 3 heteroatoms. The molecular weight excluding hydrogens is 435 g/mol. The van der Waals surface area contributed by atoms with Gasteiger partial charge in [0.2, 0.25) is 0 Å². The first-order chi connectivity index (χ1) is 16.6. The van der Waals surface area contributed by atoms with Gasteiger partial charge in [0.15, 0.2) is 0 Å². The molecule has 2 aromatic rings. The van der Waals surface area contributed by atoms with Gasteiger partial charge in [-0.25, -0.2) is 4.39 Å². The number of aryl methyl sites for hydroxylation is 3. The molecule has 0 aromatic heterocycles. The SMILES string of the molecule is C=C(/C=C1/CC2CC2/C1=C/C)OCc1cc(-c2c(C)cc(CCCC(C)(C)O)cc2C)ccc1F. The lowest BCUT2D eigenvalue weighted by Gasteiger charge is -2.18. The Morgan fingerprint density at radius 3 is 2.57 bits per heavy atom. The zero-order valence-corrected chi connectivity index (χ0v) is 21.9. The largest absolute Gasteiger partial charge is 0.489 e. The number of ether oxygens (including phenoxy) is 1. The summed E-state index contributed by atoms with van der Waals surface area (Å²) in [5.74, 6) is 1.86. The highest BCUT2D eigenvalue weighted by Crippen LogP contribution is 2.57. The molecule has 2 fully saturated rings. The van der Waals surface area contributed by atoms with E-state index in [1.54, 1.807) is 0 Å². The second-order valence-corrected chi connectivity index (χ2v) is 11.1. The minimum absolute atomic E-state index is 0.160. The molecule has 0 amide bonds. The average Bonchev–Trinajstić information content (AvgIpc) is 3.43. The fraction of sp³-hybridized carbons (Fsp3) is 0.438. The van der Waals surface area contributed by atoms with E-state index < -0.39 is 5.60 Å². The smallest absolute Gasteiger partial charge is 0.129 e. The minimum atomic E-state index is -0.634. The van der Waals surface area contributed by atoms with Crippen LogP contribution in [0.1, 0.15) is 68.7 Å². The van der Waals surface area contributed by atoms with Crippen molar-refractivity contribution in [3.63, 3.8) is 0 Å². The third kappa shape index (κ3) is 6.13. The molecule has 2 atom stereocenters. The number of halogens is 1. The van der Waals surface area contributed by atoms with Crippen LogP contribution in [0.25, 0.3) is 11.1 Å². The standard InChI is InChI=1S/C32H39FO2/c1-7-28-25(17-26-18-29(26)28)15-22(4)35-19-27-16-24(10-11-30(27)33)31-20(2)13-23(14-21(31)3)9-8-12-32(5,6)34/h7,10-11,13-16,26,29,34H,4,8-9,12,17-19H2,1-3,5-6H3/b25-15-,28-7+. The molecular formula is C32H39FO2. The molecule has 35 heavy (non-hydrogen) atoms. The first-order valence-corrected chi connectivity index (χ1v) is 12.9. The van der Waals surface area contributed by atoms with E-state index in [-0.39, 0.29) is 12.4 Å². The van der Waals surface area contributed by atoms with Crippen LogP contribution in [0.2, 0.25) is 0 Å². The summed E-state index contributed by atoms with van der Waals surface area (Å²) in [6.07, 6.45) is 9.30. The maximum atomic E-state index is 14.7. The molecule has 0 aliphatic heterocycles. The Bertz CT molecular complexity index is 1160. The predicted molar refractivity (Wildman–Crippen MR) is 143 cm³/mol. The van der Waals surface area contributed by atoms with Gasteiger partial charge in [-0.15, -0.1) is 0 Å². The quantitative estimate of drug-likeness (QED) is 0.372. The van der Waals surface area contributed by atoms with Crippen LogP contribution in [0, 0.1) is 31.5 Å². The van der Waals surface area contributed by atoms with E-state index in [1.165, 1.54) is 40.3 Å². The lowest BCUT2D eigenvalue weighted by molar-refractivity contribution is 0.0689. The summed E-state index contributed by atoms with van der Waals surface area (Å²) in [4.78, 5) is 0. The third-order valence-corrected chi connectivity index (χ3v) is 7.42. The Labute approximate surface area is 210 Å². The van der Waals surface area contributed by atoms with Crippen LogP contribution in [0.3, 0.4) is 0 Å². The van der Waals surface area contributed by atoms with Crippen molar-refractivity contribution in [1.82, 2.24) is 0 Å². The number of allylic oxidation sites excluding steroid dienone is 4. The van der Waals surface area contributed by atoms with E-state index in [0.29, 0.717) is 11.3 Å². The molecule has 0 spiro atoms. The average molecular weight is 475 g/mol. The predicted octanol–water partition coefficient (Wildman–Crippen LogP) is 8.15. The first-order valence-electron chi connectivity index (χ1n) is 12.9. The molecule has 0 radical (unpaired) electrons. The fourth-order valence-electron chi connectivity index (χ4n) is 5.66. The van der Waals surface area contributed by atoms with Crippen molar-refractivity contribution in [2.75, 3.05) is 0 Å². The van der Waals surface area contributed by atoms with Gasteiger partial charge in [0.05, 0.1) is 5.60 Å². The van der Waals surface area contributed by atoms with Crippen molar-refractivity contribution in [3.05, 3.63) is 94.0 Å². The molecule has 186 valence electrons. The van der Waals surface area contributed by atoms with E-state index in [2.05, 4.69) is 45.6 Å². The first kappa shape index (κ1) is 25.4. The van der Waals surface area contributed by atoms with E-state index in [9.17, 15) is 9.50 Å². The van der Waals surface area contributed by atoms with Crippen molar-refractivity contribution < 1.29 is 14.2 Å². The Hall–Kier alpha value is -2.65. The Balaban J connectivity index is 1.45. The zero-order chi connectivity index (χ0) is 25.3. The van der Waals surface area contributed by atoms with E-state index >= 15 is 0 Å². The molecule has 2 saturated carbocycles. The lowest BCUT2D eigenvalue weighted by atomic mass is 9.90. The molecule has 0 bridgehead atoms. The van der Waals surface area contributed by atoms with Crippen LogP contribution >= 0.6 is 0 Å². The molecule has 0 heterocycles. The number of rotatable bonds is 9. The molecule has 2 aliphatic carbocycles. The molecule has 0 saturated heterocycles. The molecule has 4 rings (SSSR count). The summed E-state index contributed by atoms with van der Waals surface area (Å²) in [5.41, 5.74) is 8.42. The Kier molecular flexibility index (Phi) is 7.38. The van der Waals surface area contributed by atoms with Crippen molar-refractivity contribution >= 4 is 0 Å². The van der Waals surface area contributed by atoms with Crippen LogP contribution in [-0.4, -0.2) is 10.7 Å². The van der Waals surface area contributed by atoms with Crippen molar-refractivity contribution in [1.29, 1.82) is 0 Å². The topological polar surface area (TPSA) is 29.5 Å². The highest BCUT2D eigenvalue weighted by atomic mass is 19.1. The van der Waals surface area contributed by atoms with Gasteiger partial charge < -0.3 is 9.84 Å². The van der Waals surface area contributed by atoms with Gasteiger partial charge in [0.25, 0.3) is 0 Å². The van der Waals surface area contributed by atoms with Crippen LogP contribution in [0.15, 0.2) is 66.0 Å². The molecule has 2 nitrogen and oxygen atoms in total. The van der Waals surface area contributed by atoms with Crippen LogP contribution in [0.5, 0.6) is 0 Å². The maximum absolute atomic E-state index is 14.7. The number of fused-ring (bicyclic) bond motifs is 1. The van der Waals surface area contributed by atoms with Gasteiger partial charge in [-0.05, 0) is 136 Å². The van der Waals surface area contributed by atoms with E-state index in [1.807, 2.05) is 32.1 Å². The molecule has 2 aromatic carbocycles. The van der Waals surface area contributed by atoms with Gasteiger partial charge >= 0.3 is 0 Å². The number of hydrogen-bond acceptors (Lipinski definition) is 2. The van der Waals surface area contributed by atoms with Gasteiger partial charge in [0.1, 0.15) is 18.2 Å². The maximum Gasteiger partial charge on any atom is 0.129 e. The number of benzene rings is 2. The monoisotopic (exact) mass is 474 g/mol. The molecule has 2 unspecified atom stereocenters. The Morgan fingerprint density at radius 1 is 1.20 bits per heavy atom.